The lowest BCUT2D eigenvalue weighted by Crippen LogP contribution is -2.34. The summed E-state index contributed by atoms with van der Waals surface area (Å²) in [5.74, 6) is 3.85. The van der Waals surface area contributed by atoms with Crippen LogP contribution in [0.4, 0.5) is 0 Å². The molecule has 7 heteroatoms. The van der Waals surface area contributed by atoms with Crippen molar-refractivity contribution in [1.29, 1.82) is 0 Å². The first-order valence-corrected chi connectivity index (χ1v) is 8.54. The number of aryl methyl sites for hydroxylation is 1. The first-order valence-electron chi connectivity index (χ1n) is 8.54. The molecule has 1 atom stereocenters. The number of aliphatic carboxylic acids is 1. The summed E-state index contributed by atoms with van der Waals surface area (Å²) in [6, 6.07) is 10.8. The SMILES string of the molecule is NN=Cc1ccc(CCCCNC(=O)[C@@H](CC(=O)O)n2cccc2)cc1. The average molecular weight is 356 g/mol. The molecule has 0 fully saturated rings. The largest absolute Gasteiger partial charge is 0.481 e. The van der Waals surface area contributed by atoms with E-state index in [-0.39, 0.29) is 12.3 Å². The molecule has 7 nitrogen and oxygen atoms in total. The third kappa shape index (κ3) is 6.08. The van der Waals surface area contributed by atoms with E-state index in [0.29, 0.717) is 6.54 Å². The fraction of sp³-hybridized carbons (Fsp3) is 0.316. The van der Waals surface area contributed by atoms with Gasteiger partial charge < -0.3 is 20.8 Å². The fourth-order valence-electron chi connectivity index (χ4n) is 2.69. The Bertz CT molecular complexity index is 724. The Morgan fingerprint density at radius 2 is 1.88 bits per heavy atom. The zero-order chi connectivity index (χ0) is 18.8. The van der Waals surface area contributed by atoms with E-state index in [1.54, 1.807) is 35.3 Å². The number of hydrogen-bond donors (Lipinski definition) is 3. The zero-order valence-electron chi connectivity index (χ0n) is 14.5. The van der Waals surface area contributed by atoms with E-state index in [2.05, 4.69) is 10.4 Å². The molecular weight excluding hydrogens is 332 g/mol. The number of hydrazone groups is 1. The van der Waals surface area contributed by atoms with Crippen LogP contribution in [0, 0.1) is 0 Å². The van der Waals surface area contributed by atoms with Crippen LogP contribution in [-0.2, 0) is 16.0 Å². The van der Waals surface area contributed by atoms with Crippen molar-refractivity contribution in [2.24, 2.45) is 10.9 Å². The van der Waals surface area contributed by atoms with Crippen LogP contribution in [0.25, 0.3) is 0 Å². The first-order chi connectivity index (χ1) is 12.6. The van der Waals surface area contributed by atoms with Gasteiger partial charge in [0, 0.05) is 18.9 Å². The maximum absolute atomic E-state index is 12.3. The third-order valence-electron chi connectivity index (χ3n) is 4.05. The van der Waals surface area contributed by atoms with Crippen molar-refractivity contribution in [2.45, 2.75) is 31.7 Å². The van der Waals surface area contributed by atoms with E-state index in [1.807, 2.05) is 24.3 Å². The number of amides is 1. The van der Waals surface area contributed by atoms with E-state index >= 15 is 0 Å². The van der Waals surface area contributed by atoms with Gasteiger partial charge in [0.15, 0.2) is 0 Å². The van der Waals surface area contributed by atoms with Gasteiger partial charge in [0.1, 0.15) is 6.04 Å². The van der Waals surface area contributed by atoms with Crippen molar-refractivity contribution in [2.75, 3.05) is 6.54 Å². The summed E-state index contributed by atoms with van der Waals surface area (Å²) >= 11 is 0. The van der Waals surface area contributed by atoms with Crippen LogP contribution in [-0.4, -0.2) is 34.3 Å². The van der Waals surface area contributed by atoms with Crippen LogP contribution in [0.1, 0.15) is 36.4 Å². The maximum Gasteiger partial charge on any atom is 0.306 e. The maximum atomic E-state index is 12.3. The molecule has 1 amide bonds. The number of carboxylic acids is 1. The van der Waals surface area contributed by atoms with Gasteiger partial charge in [-0.25, -0.2) is 0 Å². The summed E-state index contributed by atoms with van der Waals surface area (Å²) in [5, 5.41) is 15.3. The molecule has 1 aromatic heterocycles. The topological polar surface area (TPSA) is 110 Å². The smallest absolute Gasteiger partial charge is 0.306 e. The van der Waals surface area contributed by atoms with Crippen molar-refractivity contribution >= 4 is 18.1 Å². The monoisotopic (exact) mass is 356 g/mol. The minimum atomic E-state index is -0.998. The number of nitrogens with zero attached hydrogens (tertiary/aromatic N) is 2. The Balaban J connectivity index is 1.74. The van der Waals surface area contributed by atoms with Gasteiger partial charge in [-0.2, -0.15) is 5.10 Å². The highest BCUT2D eigenvalue weighted by Crippen LogP contribution is 2.12. The molecule has 2 rings (SSSR count). The molecule has 0 saturated carbocycles. The second-order valence-corrected chi connectivity index (χ2v) is 6.01. The van der Waals surface area contributed by atoms with E-state index in [4.69, 9.17) is 10.9 Å². The molecule has 0 radical (unpaired) electrons. The fourth-order valence-corrected chi connectivity index (χ4v) is 2.69. The number of unbranched alkanes of at least 4 members (excludes halogenated alkanes) is 1. The van der Waals surface area contributed by atoms with E-state index in [1.165, 1.54) is 5.56 Å². The number of carboxylic acid groups (broad SMARTS) is 1. The number of carbonyl (C=O) groups excluding carboxylic acids is 1. The van der Waals surface area contributed by atoms with Crippen LogP contribution in [0.2, 0.25) is 0 Å². The normalized spacial score (nSPS) is 12.2. The number of rotatable bonds is 10. The summed E-state index contributed by atoms with van der Waals surface area (Å²) in [4.78, 5) is 23.3. The molecule has 138 valence electrons. The highest BCUT2D eigenvalue weighted by molar-refractivity contribution is 5.84. The second kappa shape index (κ2) is 10.0. The standard InChI is InChI=1S/C19H24N4O3/c20-22-14-16-8-6-15(7-9-16)5-1-2-10-21-19(26)17(13-18(24)25)23-11-3-4-12-23/h3-4,6-9,11-12,14,17H,1-2,5,10,13,20H2,(H,21,26)(H,24,25)/t17-/m1/s1. The highest BCUT2D eigenvalue weighted by Gasteiger charge is 2.22. The van der Waals surface area contributed by atoms with Gasteiger partial charge in [0.2, 0.25) is 5.91 Å². The summed E-state index contributed by atoms with van der Waals surface area (Å²) < 4.78 is 1.62. The van der Waals surface area contributed by atoms with Gasteiger partial charge in [0.05, 0.1) is 12.6 Å². The predicted molar refractivity (Wildman–Crippen MR) is 99.9 cm³/mol. The second-order valence-electron chi connectivity index (χ2n) is 6.01. The number of benzene rings is 1. The molecule has 0 unspecified atom stereocenters. The number of nitrogens with two attached hydrogens (primary N) is 1. The van der Waals surface area contributed by atoms with Crippen molar-refractivity contribution in [3.8, 4) is 0 Å². The summed E-state index contributed by atoms with van der Waals surface area (Å²) in [7, 11) is 0. The Hall–Kier alpha value is -3.09. The van der Waals surface area contributed by atoms with Crippen molar-refractivity contribution < 1.29 is 14.7 Å². The molecule has 2 aromatic rings. The molecule has 26 heavy (non-hydrogen) atoms. The number of hydrogen-bond acceptors (Lipinski definition) is 4. The quantitative estimate of drug-likeness (QED) is 0.261. The van der Waals surface area contributed by atoms with Gasteiger partial charge >= 0.3 is 5.97 Å². The molecule has 0 bridgehead atoms. The summed E-state index contributed by atoms with van der Waals surface area (Å²) in [6.45, 7) is 0.522. The van der Waals surface area contributed by atoms with Gasteiger partial charge in [0.25, 0.3) is 0 Å². The average Bonchev–Trinajstić information content (AvgIpc) is 3.15. The van der Waals surface area contributed by atoms with Crippen molar-refractivity contribution in [3.63, 3.8) is 0 Å². The Morgan fingerprint density at radius 1 is 1.19 bits per heavy atom. The molecule has 0 aliphatic rings. The first kappa shape index (κ1) is 19.2. The van der Waals surface area contributed by atoms with Crippen LogP contribution >= 0.6 is 0 Å². The van der Waals surface area contributed by atoms with Crippen molar-refractivity contribution in [3.05, 3.63) is 59.9 Å². The number of aromatic nitrogens is 1. The lowest BCUT2D eigenvalue weighted by Gasteiger charge is -2.16. The van der Waals surface area contributed by atoms with Crippen LogP contribution in [0.5, 0.6) is 0 Å². The molecule has 0 aliphatic heterocycles. The molecule has 1 heterocycles. The minimum absolute atomic E-state index is 0.237. The third-order valence-corrected chi connectivity index (χ3v) is 4.05. The predicted octanol–water partition coefficient (Wildman–Crippen LogP) is 1.94. The van der Waals surface area contributed by atoms with E-state index < -0.39 is 12.0 Å². The molecule has 1 aromatic carbocycles. The molecule has 0 spiro atoms. The van der Waals surface area contributed by atoms with Gasteiger partial charge in [-0.3, -0.25) is 9.59 Å². The number of nitrogens with one attached hydrogen (secondary N) is 1. The Kier molecular flexibility index (Phi) is 7.42. The highest BCUT2D eigenvalue weighted by atomic mass is 16.4. The lowest BCUT2D eigenvalue weighted by molar-refractivity contribution is -0.140. The minimum Gasteiger partial charge on any atom is -0.481 e. The lowest BCUT2D eigenvalue weighted by atomic mass is 10.1. The molecular formula is C19H24N4O3. The van der Waals surface area contributed by atoms with Gasteiger partial charge in [-0.05, 0) is 42.5 Å². The number of carbonyl (C=O) groups is 2. The summed E-state index contributed by atoms with van der Waals surface area (Å²) in [5.41, 5.74) is 2.17. The molecule has 0 aliphatic carbocycles. The molecule has 0 saturated heterocycles. The van der Waals surface area contributed by atoms with Gasteiger partial charge in [-0.1, -0.05) is 24.3 Å². The Morgan fingerprint density at radius 3 is 2.50 bits per heavy atom. The Labute approximate surface area is 152 Å². The van der Waals surface area contributed by atoms with Gasteiger partial charge in [-0.15, -0.1) is 0 Å². The zero-order valence-corrected chi connectivity index (χ0v) is 14.5. The molecule has 4 N–H and O–H groups in total. The van der Waals surface area contributed by atoms with Crippen LogP contribution < -0.4 is 11.2 Å². The van der Waals surface area contributed by atoms with E-state index in [9.17, 15) is 9.59 Å². The van der Waals surface area contributed by atoms with Crippen LogP contribution in [0.15, 0.2) is 53.9 Å². The van der Waals surface area contributed by atoms with Crippen LogP contribution in [0.3, 0.4) is 0 Å². The van der Waals surface area contributed by atoms with Crippen molar-refractivity contribution in [1.82, 2.24) is 9.88 Å². The van der Waals surface area contributed by atoms with E-state index in [0.717, 1.165) is 24.8 Å². The summed E-state index contributed by atoms with van der Waals surface area (Å²) in [6.07, 6.45) is 7.42.